The maximum atomic E-state index is 4.02. The monoisotopic (exact) mass is 192 g/mol. The molecule has 2 nitrogen and oxygen atoms in total. The van der Waals surface area contributed by atoms with E-state index in [4.69, 9.17) is 0 Å². The van der Waals surface area contributed by atoms with Gasteiger partial charge in [0.2, 0.25) is 0 Å². The summed E-state index contributed by atoms with van der Waals surface area (Å²) in [5, 5.41) is 3.51. The molecule has 0 radical (unpaired) electrons. The van der Waals surface area contributed by atoms with Gasteiger partial charge in [-0.1, -0.05) is 20.8 Å². The second-order valence-corrected chi connectivity index (χ2v) is 3.97. The molecule has 0 aliphatic heterocycles. The zero-order valence-corrected chi connectivity index (χ0v) is 9.33. The average Bonchev–Trinajstić information content (AvgIpc) is 2.18. The molecule has 14 heavy (non-hydrogen) atoms. The number of nitrogens with one attached hydrogen (secondary N) is 1. The van der Waals surface area contributed by atoms with E-state index in [9.17, 15) is 0 Å². The first kappa shape index (κ1) is 11.2. The van der Waals surface area contributed by atoms with Crippen LogP contribution in [0.3, 0.4) is 0 Å². The van der Waals surface area contributed by atoms with Crippen molar-refractivity contribution >= 4 is 0 Å². The lowest BCUT2D eigenvalue weighted by Gasteiger charge is -2.21. The number of hydrogen-bond acceptors (Lipinski definition) is 2. The summed E-state index contributed by atoms with van der Waals surface area (Å²) >= 11 is 0. The molecule has 78 valence electrons. The Balaban J connectivity index is 2.55. The molecule has 0 aromatic carbocycles. The van der Waals surface area contributed by atoms with Crippen LogP contribution in [0.25, 0.3) is 0 Å². The van der Waals surface area contributed by atoms with Crippen LogP contribution in [0, 0.1) is 5.92 Å². The minimum atomic E-state index is 0.572. The fraction of sp³-hybridized carbons (Fsp3) is 0.583. The van der Waals surface area contributed by atoms with Gasteiger partial charge in [0, 0.05) is 18.4 Å². The third-order valence-corrected chi connectivity index (χ3v) is 2.48. The number of pyridine rings is 1. The van der Waals surface area contributed by atoms with Crippen molar-refractivity contribution in [2.45, 2.75) is 33.2 Å². The lowest BCUT2D eigenvalue weighted by molar-refractivity contribution is 0.405. The Labute approximate surface area is 86.8 Å². The Hall–Kier alpha value is -0.890. The van der Waals surface area contributed by atoms with Gasteiger partial charge in [0.1, 0.15) is 0 Å². The number of rotatable bonds is 5. The lowest BCUT2D eigenvalue weighted by atomic mass is 9.97. The van der Waals surface area contributed by atoms with Crippen LogP contribution in [0.4, 0.5) is 0 Å². The molecule has 1 heterocycles. The van der Waals surface area contributed by atoms with E-state index in [2.05, 4.69) is 43.2 Å². The van der Waals surface area contributed by atoms with Crippen LogP contribution < -0.4 is 5.32 Å². The van der Waals surface area contributed by atoms with E-state index < -0.39 is 0 Å². The fourth-order valence-electron chi connectivity index (χ4n) is 1.58. The highest BCUT2D eigenvalue weighted by atomic mass is 14.9. The molecule has 0 aliphatic carbocycles. The van der Waals surface area contributed by atoms with Crippen molar-refractivity contribution in [2.24, 2.45) is 5.92 Å². The first-order valence-corrected chi connectivity index (χ1v) is 5.36. The maximum absolute atomic E-state index is 4.02. The van der Waals surface area contributed by atoms with Gasteiger partial charge in [-0.05, 0) is 36.6 Å². The number of nitrogens with zero attached hydrogens (tertiary/aromatic N) is 1. The molecule has 2 heteroatoms. The zero-order valence-electron chi connectivity index (χ0n) is 9.33. The van der Waals surface area contributed by atoms with Crippen LogP contribution in [0.15, 0.2) is 24.5 Å². The van der Waals surface area contributed by atoms with Gasteiger partial charge in [-0.25, -0.2) is 0 Å². The Morgan fingerprint density at radius 2 is 1.93 bits per heavy atom. The molecule has 0 fully saturated rings. The normalized spacial score (nSPS) is 13.1. The minimum absolute atomic E-state index is 0.572. The van der Waals surface area contributed by atoms with Gasteiger partial charge in [-0.15, -0.1) is 0 Å². The third kappa shape index (κ3) is 3.46. The van der Waals surface area contributed by atoms with Gasteiger partial charge in [0.05, 0.1) is 0 Å². The van der Waals surface area contributed by atoms with Crippen LogP contribution in [-0.2, 0) is 6.42 Å². The molecule has 0 saturated carbocycles. The Kier molecular flexibility index (Phi) is 4.60. The molecular formula is C12H20N2. The highest BCUT2D eigenvalue weighted by Gasteiger charge is 2.11. The molecule has 1 atom stereocenters. The summed E-state index contributed by atoms with van der Waals surface area (Å²) < 4.78 is 0. The summed E-state index contributed by atoms with van der Waals surface area (Å²) in [5.41, 5.74) is 1.36. The Morgan fingerprint density at radius 3 is 2.43 bits per heavy atom. The number of likely N-dealkylation sites (N-methyl/N-ethyl adjacent to an activating group) is 1. The van der Waals surface area contributed by atoms with Gasteiger partial charge < -0.3 is 5.32 Å². The molecular weight excluding hydrogens is 172 g/mol. The van der Waals surface area contributed by atoms with Crippen LogP contribution in [0.5, 0.6) is 0 Å². The number of aromatic nitrogens is 1. The predicted octanol–water partition coefficient (Wildman–Crippen LogP) is 2.26. The van der Waals surface area contributed by atoms with Crippen molar-refractivity contribution in [3.63, 3.8) is 0 Å². The van der Waals surface area contributed by atoms with Crippen molar-refractivity contribution in [3.05, 3.63) is 30.1 Å². The summed E-state index contributed by atoms with van der Waals surface area (Å²) in [6, 6.07) is 4.75. The van der Waals surface area contributed by atoms with Gasteiger partial charge >= 0.3 is 0 Å². The number of hydrogen-bond donors (Lipinski definition) is 1. The largest absolute Gasteiger partial charge is 0.314 e. The predicted molar refractivity (Wildman–Crippen MR) is 60.2 cm³/mol. The summed E-state index contributed by atoms with van der Waals surface area (Å²) in [7, 11) is 0. The van der Waals surface area contributed by atoms with E-state index in [1.165, 1.54) is 5.56 Å². The van der Waals surface area contributed by atoms with Gasteiger partial charge in [-0.3, -0.25) is 4.98 Å². The quantitative estimate of drug-likeness (QED) is 0.774. The Morgan fingerprint density at radius 1 is 1.29 bits per heavy atom. The molecule has 1 aromatic rings. The molecule has 0 amide bonds. The maximum Gasteiger partial charge on any atom is 0.0270 e. The third-order valence-electron chi connectivity index (χ3n) is 2.48. The molecule has 0 spiro atoms. The van der Waals surface area contributed by atoms with Crippen molar-refractivity contribution in [1.82, 2.24) is 10.3 Å². The SMILES string of the molecule is CCNC(Cc1ccncc1)C(C)C. The van der Waals surface area contributed by atoms with Gasteiger partial charge in [-0.2, -0.15) is 0 Å². The zero-order chi connectivity index (χ0) is 10.4. The van der Waals surface area contributed by atoms with Crippen LogP contribution in [-0.4, -0.2) is 17.6 Å². The molecule has 1 N–H and O–H groups in total. The second kappa shape index (κ2) is 5.76. The van der Waals surface area contributed by atoms with E-state index in [1.807, 2.05) is 12.4 Å². The molecule has 0 saturated heterocycles. The highest BCUT2D eigenvalue weighted by molar-refractivity contribution is 5.11. The minimum Gasteiger partial charge on any atom is -0.314 e. The fourth-order valence-corrected chi connectivity index (χ4v) is 1.58. The summed E-state index contributed by atoms with van der Waals surface area (Å²) in [6.45, 7) is 7.71. The van der Waals surface area contributed by atoms with Crippen molar-refractivity contribution in [2.75, 3.05) is 6.54 Å². The summed E-state index contributed by atoms with van der Waals surface area (Å²) in [6.07, 6.45) is 4.81. The van der Waals surface area contributed by atoms with Crippen molar-refractivity contribution < 1.29 is 0 Å². The van der Waals surface area contributed by atoms with Crippen LogP contribution in [0.2, 0.25) is 0 Å². The van der Waals surface area contributed by atoms with Gasteiger partial charge in [0.15, 0.2) is 0 Å². The average molecular weight is 192 g/mol. The van der Waals surface area contributed by atoms with Crippen LogP contribution in [0.1, 0.15) is 26.3 Å². The molecule has 1 aromatic heterocycles. The highest BCUT2D eigenvalue weighted by Crippen LogP contribution is 2.09. The standard InChI is InChI=1S/C12H20N2/c1-4-14-12(10(2)3)9-11-5-7-13-8-6-11/h5-8,10,12,14H,4,9H2,1-3H3. The Bertz CT molecular complexity index is 244. The van der Waals surface area contributed by atoms with E-state index in [0.717, 1.165) is 13.0 Å². The van der Waals surface area contributed by atoms with Crippen LogP contribution >= 0.6 is 0 Å². The first-order chi connectivity index (χ1) is 6.74. The van der Waals surface area contributed by atoms with E-state index in [1.54, 1.807) is 0 Å². The molecule has 0 bridgehead atoms. The van der Waals surface area contributed by atoms with Gasteiger partial charge in [0.25, 0.3) is 0 Å². The van der Waals surface area contributed by atoms with E-state index in [0.29, 0.717) is 12.0 Å². The molecule has 1 rings (SSSR count). The summed E-state index contributed by atoms with van der Waals surface area (Å²) in [5.74, 6) is 0.670. The van der Waals surface area contributed by atoms with E-state index in [-0.39, 0.29) is 0 Å². The molecule has 0 aliphatic rings. The summed E-state index contributed by atoms with van der Waals surface area (Å²) in [4.78, 5) is 4.02. The molecule has 1 unspecified atom stereocenters. The smallest absolute Gasteiger partial charge is 0.0270 e. The van der Waals surface area contributed by atoms with Crippen molar-refractivity contribution in [3.8, 4) is 0 Å². The lowest BCUT2D eigenvalue weighted by Crippen LogP contribution is -2.35. The topological polar surface area (TPSA) is 24.9 Å². The van der Waals surface area contributed by atoms with Crippen molar-refractivity contribution in [1.29, 1.82) is 0 Å². The van der Waals surface area contributed by atoms with E-state index >= 15 is 0 Å². The first-order valence-electron chi connectivity index (χ1n) is 5.36. The second-order valence-electron chi connectivity index (χ2n) is 3.97.